The molecule has 2 aliphatic heterocycles. The Morgan fingerprint density at radius 3 is 2.20 bits per heavy atom. The van der Waals surface area contributed by atoms with Crippen molar-refractivity contribution in [2.24, 2.45) is 23.7 Å². The summed E-state index contributed by atoms with van der Waals surface area (Å²) in [6, 6.07) is 7.15. The molecule has 1 aromatic rings. The molecule has 11 atom stereocenters. The molecule has 2 N–H and O–H groups in total. The fraction of sp³-hybridized carbons (Fsp3) is 0.738. The fourth-order valence-electron chi connectivity index (χ4n) is 9.37. The van der Waals surface area contributed by atoms with Gasteiger partial charge >= 0.3 is 5.97 Å². The molecule has 3 aliphatic rings. The van der Waals surface area contributed by atoms with Crippen LogP contribution >= 0.6 is 0 Å². The summed E-state index contributed by atoms with van der Waals surface area (Å²) in [4.78, 5) is 74.2. The first-order valence-corrected chi connectivity index (χ1v) is 20.2. The molecule has 308 valence electrons. The fourth-order valence-corrected chi connectivity index (χ4v) is 9.37. The number of hydrogen-bond donors (Lipinski definition) is 2. The highest BCUT2D eigenvalue weighted by atomic mass is 16.5. The number of piperidine rings is 1. The minimum Gasteiger partial charge on any atom is -0.467 e. The van der Waals surface area contributed by atoms with Gasteiger partial charge in [-0.2, -0.15) is 0 Å². The summed E-state index contributed by atoms with van der Waals surface area (Å²) in [5.74, 6) is -1.92. The van der Waals surface area contributed by atoms with Crippen LogP contribution in [0.3, 0.4) is 0 Å². The summed E-state index contributed by atoms with van der Waals surface area (Å²) in [5.41, 5.74) is 0.880. The van der Waals surface area contributed by atoms with E-state index in [2.05, 4.69) is 22.5 Å². The number of esters is 1. The van der Waals surface area contributed by atoms with Gasteiger partial charge in [0.1, 0.15) is 12.1 Å². The average Bonchev–Trinajstić information content (AvgIpc) is 3.93. The van der Waals surface area contributed by atoms with Gasteiger partial charge in [0.15, 0.2) is 0 Å². The number of likely N-dealkylation sites (tertiary alicyclic amines) is 2. The molecule has 13 heteroatoms. The first kappa shape index (κ1) is 44.2. The van der Waals surface area contributed by atoms with Gasteiger partial charge in [0, 0.05) is 40.3 Å². The van der Waals surface area contributed by atoms with Crippen LogP contribution in [0.15, 0.2) is 30.3 Å². The van der Waals surface area contributed by atoms with Crippen molar-refractivity contribution in [2.75, 3.05) is 42.0 Å². The Bertz CT molecular complexity index is 1460. The van der Waals surface area contributed by atoms with E-state index < -0.39 is 42.2 Å². The third-order valence-corrected chi connectivity index (χ3v) is 12.7. The Balaban J connectivity index is 1.46. The highest BCUT2D eigenvalue weighted by molar-refractivity contribution is 5.91. The van der Waals surface area contributed by atoms with Crippen molar-refractivity contribution in [3.05, 3.63) is 35.9 Å². The Labute approximate surface area is 328 Å². The Hall–Kier alpha value is -3.55. The second-order valence-electron chi connectivity index (χ2n) is 16.4. The first-order valence-electron chi connectivity index (χ1n) is 20.2. The third kappa shape index (κ3) is 10.3. The number of nitrogens with zero attached hydrogens (tertiary/aromatic N) is 3. The summed E-state index contributed by atoms with van der Waals surface area (Å²) in [6.07, 6.45) is 4.32. The number of likely N-dealkylation sites (N-methyl/N-ethyl adjacent to an activating group) is 2. The lowest BCUT2D eigenvalue weighted by Crippen LogP contribution is -2.60. The maximum absolute atomic E-state index is 14.3. The minimum absolute atomic E-state index is 0.0182. The summed E-state index contributed by atoms with van der Waals surface area (Å²) in [7, 11) is 8.15. The van der Waals surface area contributed by atoms with Crippen LogP contribution in [0.2, 0.25) is 0 Å². The third-order valence-electron chi connectivity index (χ3n) is 12.7. The molecular formula is C42H67N5O8. The molecule has 0 spiro atoms. The van der Waals surface area contributed by atoms with Crippen molar-refractivity contribution in [2.45, 2.75) is 134 Å². The van der Waals surface area contributed by atoms with Crippen molar-refractivity contribution >= 4 is 29.6 Å². The number of rotatable bonds is 19. The van der Waals surface area contributed by atoms with E-state index in [0.717, 1.165) is 37.7 Å². The van der Waals surface area contributed by atoms with Crippen molar-refractivity contribution in [1.29, 1.82) is 0 Å². The first-order chi connectivity index (χ1) is 26.2. The number of methoxy groups -OCH3 is 3. The van der Waals surface area contributed by atoms with E-state index in [9.17, 15) is 24.0 Å². The zero-order valence-electron chi connectivity index (χ0n) is 34.8. The predicted octanol–water partition coefficient (Wildman–Crippen LogP) is 3.43. The molecule has 1 aliphatic carbocycles. The molecule has 1 saturated carbocycles. The van der Waals surface area contributed by atoms with Gasteiger partial charge in [-0.15, -0.1) is 0 Å². The summed E-state index contributed by atoms with van der Waals surface area (Å²) in [5, 5.41) is 5.99. The number of carbonyl (C=O) groups excluding carboxylic acids is 5. The second-order valence-corrected chi connectivity index (χ2v) is 16.4. The molecule has 2 saturated heterocycles. The van der Waals surface area contributed by atoms with Crippen LogP contribution < -0.4 is 10.6 Å². The van der Waals surface area contributed by atoms with Crippen molar-refractivity contribution in [3.63, 3.8) is 0 Å². The number of amides is 4. The van der Waals surface area contributed by atoms with Gasteiger partial charge in [-0.3, -0.25) is 24.1 Å². The van der Waals surface area contributed by atoms with Gasteiger partial charge in [-0.25, -0.2) is 4.79 Å². The lowest BCUT2D eigenvalue weighted by molar-refractivity contribution is -0.149. The number of hydrogen-bond acceptors (Lipinski definition) is 9. The van der Waals surface area contributed by atoms with Crippen LogP contribution in [0.5, 0.6) is 0 Å². The van der Waals surface area contributed by atoms with Gasteiger partial charge in [0.25, 0.3) is 0 Å². The van der Waals surface area contributed by atoms with Crippen LogP contribution in [0.25, 0.3) is 0 Å². The molecule has 3 fully saturated rings. The molecule has 13 nitrogen and oxygen atoms in total. The number of fused-ring (bicyclic) bond motifs is 2. The number of carbonyl (C=O) groups is 5. The van der Waals surface area contributed by atoms with E-state index in [4.69, 9.17) is 14.2 Å². The minimum atomic E-state index is -0.886. The van der Waals surface area contributed by atoms with Crippen LogP contribution in [0.1, 0.15) is 85.1 Å². The maximum Gasteiger partial charge on any atom is 0.328 e. The topological polar surface area (TPSA) is 147 Å². The van der Waals surface area contributed by atoms with Crippen LogP contribution in [0.4, 0.5) is 0 Å². The lowest BCUT2D eigenvalue weighted by atomic mass is 9.89. The zero-order valence-corrected chi connectivity index (χ0v) is 34.8. The molecule has 1 aromatic carbocycles. The number of nitrogens with one attached hydrogen (secondary N) is 2. The Kier molecular flexibility index (Phi) is 16.1. The molecule has 0 radical (unpaired) electrons. The van der Waals surface area contributed by atoms with E-state index in [-0.39, 0.29) is 60.4 Å². The molecule has 0 aromatic heterocycles. The van der Waals surface area contributed by atoms with E-state index in [0.29, 0.717) is 24.9 Å². The molecule has 2 heterocycles. The average molecular weight is 770 g/mol. The van der Waals surface area contributed by atoms with Gasteiger partial charge < -0.3 is 34.6 Å². The monoisotopic (exact) mass is 769 g/mol. The molecule has 55 heavy (non-hydrogen) atoms. The van der Waals surface area contributed by atoms with E-state index in [1.165, 1.54) is 14.2 Å². The molecule has 4 amide bonds. The van der Waals surface area contributed by atoms with Gasteiger partial charge in [0.05, 0.1) is 49.8 Å². The standard InChI is InChI=1S/C42H67N5O8/c1-11-26(4)36(46(7)41(51)35(25(2)3)44-40(50)37-29-19-20-30(23-29)45(37)6)33(53-8)24-34(48)47-21-15-18-32(47)38(54-9)27(5)39(49)43-31(42(52)55-10)22-28-16-13-12-14-17-28/h12-14,16-17,25-27,29-33,35-38H,11,15,18-24H2,1-10H3,(H,43,49)(H,44,50). The van der Waals surface area contributed by atoms with Crippen LogP contribution in [0, 0.1) is 23.7 Å². The highest BCUT2D eigenvalue weighted by Crippen LogP contribution is 2.41. The molecule has 2 bridgehead atoms. The summed E-state index contributed by atoms with van der Waals surface area (Å²) >= 11 is 0. The summed E-state index contributed by atoms with van der Waals surface area (Å²) in [6.45, 7) is 10.2. The maximum atomic E-state index is 14.3. The van der Waals surface area contributed by atoms with Gasteiger partial charge in [0.2, 0.25) is 23.6 Å². The molecular weight excluding hydrogens is 702 g/mol. The van der Waals surface area contributed by atoms with Gasteiger partial charge in [-0.1, -0.05) is 71.4 Å². The highest BCUT2D eigenvalue weighted by Gasteiger charge is 2.49. The largest absolute Gasteiger partial charge is 0.467 e. The van der Waals surface area contributed by atoms with Crippen LogP contribution in [-0.4, -0.2) is 135 Å². The lowest BCUT2D eigenvalue weighted by Gasteiger charge is -2.41. The second kappa shape index (κ2) is 20.0. The van der Waals surface area contributed by atoms with Crippen molar-refractivity contribution < 1.29 is 38.2 Å². The molecule has 4 rings (SSSR count). The van der Waals surface area contributed by atoms with Crippen LogP contribution in [-0.2, 0) is 44.6 Å². The predicted molar refractivity (Wildman–Crippen MR) is 210 cm³/mol. The number of benzene rings is 1. The van der Waals surface area contributed by atoms with Crippen molar-refractivity contribution in [1.82, 2.24) is 25.3 Å². The number of ether oxygens (including phenoxy) is 3. The van der Waals surface area contributed by atoms with E-state index in [1.807, 2.05) is 58.2 Å². The van der Waals surface area contributed by atoms with E-state index >= 15 is 0 Å². The summed E-state index contributed by atoms with van der Waals surface area (Å²) < 4.78 is 17.0. The Morgan fingerprint density at radius 2 is 1.64 bits per heavy atom. The Morgan fingerprint density at radius 1 is 0.945 bits per heavy atom. The smallest absolute Gasteiger partial charge is 0.328 e. The van der Waals surface area contributed by atoms with E-state index in [1.54, 1.807) is 30.9 Å². The normalized spacial score (nSPS) is 24.7. The van der Waals surface area contributed by atoms with Gasteiger partial charge in [-0.05, 0) is 62.5 Å². The quantitative estimate of drug-likeness (QED) is 0.202. The van der Waals surface area contributed by atoms with Crippen molar-refractivity contribution in [3.8, 4) is 0 Å². The zero-order chi connectivity index (χ0) is 40.6. The molecule has 11 unspecified atom stereocenters. The SMILES string of the molecule is CCC(C)C(C(CC(=O)N1CCCC1C(OC)C(C)C(=O)NC(Cc1ccccc1)C(=O)OC)OC)N(C)C(=O)C(NC(=O)C1C2CCC(C2)N1C)C(C)C.